The molecule has 0 unspecified atom stereocenters. The zero-order chi connectivity index (χ0) is 22.9. The van der Waals surface area contributed by atoms with Crippen LogP contribution in [0.15, 0.2) is 47.4 Å². The number of hydrogen-bond acceptors (Lipinski definition) is 6. The summed E-state index contributed by atoms with van der Waals surface area (Å²) in [5.74, 6) is 1.85. The molecule has 0 saturated carbocycles. The Hall–Kier alpha value is -1.80. The summed E-state index contributed by atoms with van der Waals surface area (Å²) in [7, 11) is 1.67. The van der Waals surface area contributed by atoms with Crippen LogP contribution in [0.3, 0.4) is 0 Å². The van der Waals surface area contributed by atoms with Crippen molar-refractivity contribution < 1.29 is 9.53 Å². The molecule has 0 bridgehead atoms. The number of thioether (sulfide) groups is 1. The number of methoxy groups -OCH3 is 1. The van der Waals surface area contributed by atoms with Crippen molar-refractivity contribution in [3.05, 3.63) is 47.5 Å². The molecule has 0 saturated heterocycles. The van der Waals surface area contributed by atoms with Gasteiger partial charge in [-0.15, -0.1) is 11.8 Å². The first kappa shape index (κ1) is 24.8. The van der Waals surface area contributed by atoms with E-state index in [1.54, 1.807) is 18.9 Å². The van der Waals surface area contributed by atoms with Gasteiger partial charge in [-0.2, -0.15) is 0 Å². The van der Waals surface area contributed by atoms with Crippen LogP contribution in [0.25, 0.3) is 10.2 Å². The van der Waals surface area contributed by atoms with Crippen LogP contribution < -0.4 is 9.64 Å². The summed E-state index contributed by atoms with van der Waals surface area (Å²) in [4.78, 5) is 23.3. The summed E-state index contributed by atoms with van der Waals surface area (Å²) >= 11 is 9.61. The van der Waals surface area contributed by atoms with E-state index in [1.807, 2.05) is 47.4 Å². The third-order valence-corrected chi connectivity index (χ3v) is 7.73. The van der Waals surface area contributed by atoms with E-state index in [1.165, 1.54) is 16.2 Å². The number of para-hydroxylation sites is 1. The third-order valence-electron chi connectivity index (χ3n) is 5.29. The van der Waals surface area contributed by atoms with Gasteiger partial charge in [-0.25, -0.2) is 4.98 Å². The second kappa shape index (κ2) is 12.4. The van der Waals surface area contributed by atoms with E-state index in [-0.39, 0.29) is 5.91 Å². The summed E-state index contributed by atoms with van der Waals surface area (Å²) in [6, 6.07) is 13.8. The number of amides is 1. The van der Waals surface area contributed by atoms with E-state index in [0.717, 1.165) is 52.9 Å². The van der Waals surface area contributed by atoms with Crippen molar-refractivity contribution in [3.63, 3.8) is 0 Å². The van der Waals surface area contributed by atoms with Crippen LogP contribution in [0.4, 0.5) is 5.13 Å². The van der Waals surface area contributed by atoms with Gasteiger partial charge in [0.25, 0.3) is 0 Å². The summed E-state index contributed by atoms with van der Waals surface area (Å²) in [6.07, 6.45) is 1.30. The Labute approximate surface area is 203 Å². The first-order valence-corrected chi connectivity index (χ1v) is 13.1. The van der Waals surface area contributed by atoms with E-state index < -0.39 is 0 Å². The zero-order valence-electron chi connectivity index (χ0n) is 18.8. The molecule has 1 aromatic heterocycles. The predicted molar refractivity (Wildman–Crippen MR) is 138 cm³/mol. The number of nitrogens with zero attached hydrogens (tertiary/aromatic N) is 3. The van der Waals surface area contributed by atoms with Crippen molar-refractivity contribution in [3.8, 4) is 5.75 Å². The van der Waals surface area contributed by atoms with Crippen LogP contribution >= 0.6 is 34.7 Å². The minimum Gasteiger partial charge on any atom is -0.497 e. The second-order valence-corrected chi connectivity index (χ2v) is 9.87. The molecule has 3 aromatic rings. The van der Waals surface area contributed by atoms with E-state index in [9.17, 15) is 4.79 Å². The predicted octanol–water partition coefficient (Wildman–Crippen LogP) is 6.21. The van der Waals surface area contributed by atoms with Gasteiger partial charge < -0.3 is 9.64 Å². The third kappa shape index (κ3) is 6.61. The molecule has 0 aliphatic carbocycles. The molecule has 0 radical (unpaired) electrons. The van der Waals surface area contributed by atoms with E-state index in [4.69, 9.17) is 21.3 Å². The quantitative estimate of drug-likeness (QED) is 0.223. The molecule has 32 heavy (non-hydrogen) atoms. The highest BCUT2D eigenvalue weighted by molar-refractivity contribution is 7.99. The molecule has 0 atom stereocenters. The second-order valence-electron chi connectivity index (χ2n) is 7.28. The number of halogens is 1. The van der Waals surface area contributed by atoms with Crippen molar-refractivity contribution in [2.45, 2.75) is 31.6 Å². The molecular formula is C24H30ClN3O2S2. The monoisotopic (exact) mass is 491 g/mol. The van der Waals surface area contributed by atoms with Crippen molar-refractivity contribution in [1.29, 1.82) is 0 Å². The lowest BCUT2D eigenvalue weighted by Gasteiger charge is -2.24. The first-order valence-electron chi connectivity index (χ1n) is 10.9. The van der Waals surface area contributed by atoms with Gasteiger partial charge in [-0.3, -0.25) is 9.69 Å². The maximum atomic E-state index is 13.2. The Balaban J connectivity index is 1.64. The van der Waals surface area contributed by atoms with Crippen LogP contribution in [0.1, 0.15) is 26.7 Å². The number of hydrogen-bond donors (Lipinski definition) is 0. The number of likely N-dealkylation sites (N-methyl/N-ethyl adjacent to an activating group) is 1. The number of carbonyl (C=O) groups is 1. The van der Waals surface area contributed by atoms with E-state index in [2.05, 4.69) is 18.7 Å². The number of ether oxygens (including phenoxy) is 1. The lowest BCUT2D eigenvalue weighted by molar-refractivity contribution is -0.118. The molecule has 3 rings (SSSR count). The van der Waals surface area contributed by atoms with E-state index >= 15 is 0 Å². The van der Waals surface area contributed by atoms with Gasteiger partial charge in [0.15, 0.2) is 5.13 Å². The lowest BCUT2D eigenvalue weighted by atomic mass is 10.3. The maximum absolute atomic E-state index is 13.2. The Morgan fingerprint density at radius 1 is 1.12 bits per heavy atom. The number of benzene rings is 2. The molecule has 5 nitrogen and oxygen atoms in total. The van der Waals surface area contributed by atoms with Crippen molar-refractivity contribution in [2.24, 2.45) is 0 Å². The fourth-order valence-electron chi connectivity index (χ4n) is 3.35. The molecule has 8 heteroatoms. The molecule has 0 aliphatic heterocycles. The Morgan fingerprint density at radius 3 is 2.53 bits per heavy atom. The standard InChI is InChI=1S/C24H30ClN3O2S2/c1-4-27(5-2)15-16-28(24-26-23-20(25)8-6-9-21(23)32-24)22(29)10-7-17-31-19-13-11-18(30-3)12-14-19/h6,8-9,11-14H,4-5,7,10,15-17H2,1-3H3. The molecule has 2 aromatic carbocycles. The molecule has 0 fully saturated rings. The smallest absolute Gasteiger partial charge is 0.228 e. The molecule has 1 amide bonds. The number of aromatic nitrogens is 1. The van der Waals surface area contributed by atoms with Crippen LogP contribution in [0.2, 0.25) is 5.02 Å². The normalized spacial score (nSPS) is 11.3. The molecule has 0 aliphatic rings. The van der Waals surface area contributed by atoms with Crippen molar-refractivity contribution >= 4 is 56.0 Å². The van der Waals surface area contributed by atoms with Gasteiger partial charge in [0.05, 0.1) is 16.8 Å². The van der Waals surface area contributed by atoms with Crippen LogP contribution in [-0.2, 0) is 4.79 Å². The fourth-order valence-corrected chi connectivity index (χ4v) is 5.51. The van der Waals surface area contributed by atoms with Crippen LogP contribution in [0, 0.1) is 0 Å². The number of rotatable bonds is 12. The van der Waals surface area contributed by atoms with Gasteiger partial charge in [0.2, 0.25) is 5.91 Å². The SMILES string of the molecule is CCN(CC)CCN(C(=O)CCCSc1ccc(OC)cc1)c1nc2c(Cl)cccc2s1. The Kier molecular flexibility index (Phi) is 9.66. The molecule has 0 N–H and O–H groups in total. The highest BCUT2D eigenvalue weighted by Crippen LogP contribution is 2.33. The average molecular weight is 492 g/mol. The zero-order valence-corrected chi connectivity index (χ0v) is 21.2. The minimum absolute atomic E-state index is 0.114. The Morgan fingerprint density at radius 2 is 1.88 bits per heavy atom. The summed E-state index contributed by atoms with van der Waals surface area (Å²) in [6.45, 7) is 7.66. The lowest BCUT2D eigenvalue weighted by Crippen LogP contribution is -2.38. The molecule has 0 spiro atoms. The fraction of sp³-hybridized carbons (Fsp3) is 0.417. The number of anilines is 1. The number of fused-ring (bicyclic) bond motifs is 1. The van der Waals surface area contributed by atoms with Gasteiger partial charge >= 0.3 is 0 Å². The van der Waals surface area contributed by atoms with Gasteiger partial charge in [0, 0.05) is 24.4 Å². The highest BCUT2D eigenvalue weighted by atomic mass is 35.5. The minimum atomic E-state index is 0.114. The van der Waals surface area contributed by atoms with E-state index in [0.29, 0.717) is 18.0 Å². The first-order chi connectivity index (χ1) is 15.5. The summed E-state index contributed by atoms with van der Waals surface area (Å²) < 4.78 is 6.21. The number of thiazole rings is 1. The van der Waals surface area contributed by atoms with Gasteiger partial charge in [0.1, 0.15) is 11.3 Å². The van der Waals surface area contributed by atoms with Crippen LogP contribution in [-0.4, -0.2) is 54.8 Å². The van der Waals surface area contributed by atoms with Crippen molar-refractivity contribution in [2.75, 3.05) is 43.9 Å². The molecule has 172 valence electrons. The van der Waals surface area contributed by atoms with Gasteiger partial charge in [-0.1, -0.05) is 42.9 Å². The molecular weight excluding hydrogens is 462 g/mol. The van der Waals surface area contributed by atoms with Crippen molar-refractivity contribution in [1.82, 2.24) is 9.88 Å². The topological polar surface area (TPSA) is 45.7 Å². The Bertz CT molecular complexity index is 1010. The molecule has 1 heterocycles. The average Bonchev–Trinajstić information content (AvgIpc) is 3.25. The summed E-state index contributed by atoms with van der Waals surface area (Å²) in [5.41, 5.74) is 0.768. The number of carbonyl (C=O) groups excluding carboxylic acids is 1. The maximum Gasteiger partial charge on any atom is 0.228 e. The van der Waals surface area contributed by atoms with Gasteiger partial charge in [-0.05, 0) is 61.7 Å². The largest absolute Gasteiger partial charge is 0.497 e. The van der Waals surface area contributed by atoms with Crippen LogP contribution in [0.5, 0.6) is 5.75 Å². The highest BCUT2D eigenvalue weighted by Gasteiger charge is 2.20. The summed E-state index contributed by atoms with van der Waals surface area (Å²) in [5, 5.41) is 1.35.